The highest BCUT2D eigenvalue weighted by Gasteiger charge is 2.38. The Labute approximate surface area is 215 Å². The summed E-state index contributed by atoms with van der Waals surface area (Å²) in [6, 6.07) is 9.53. The number of methoxy groups -OCH3 is 1. The van der Waals surface area contributed by atoms with Crippen LogP contribution in [-0.2, 0) is 34.0 Å². The van der Waals surface area contributed by atoms with Crippen LogP contribution in [0.25, 0.3) is 10.9 Å². The summed E-state index contributed by atoms with van der Waals surface area (Å²) in [6.07, 6.45) is 2.18. The van der Waals surface area contributed by atoms with Crippen molar-refractivity contribution in [3.05, 3.63) is 52.7 Å². The molecule has 1 saturated heterocycles. The van der Waals surface area contributed by atoms with Crippen molar-refractivity contribution in [3.8, 4) is 0 Å². The van der Waals surface area contributed by atoms with Crippen LogP contribution in [0.3, 0.4) is 0 Å². The molecular weight excluding hydrogens is 472 g/mol. The molecule has 1 saturated carbocycles. The number of benzene rings is 1. The minimum absolute atomic E-state index is 0.0347. The van der Waals surface area contributed by atoms with Crippen molar-refractivity contribution in [1.82, 2.24) is 20.1 Å². The largest absolute Gasteiger partial charge is 0.383 e. The van der Waals surface area contributed by atoms with Crippen LogP contribution in [0.4, 0.5) is 11.6 Å². The summed E-state index contributed by atoms with van der Waals surface area (Å²) in [6.45, 7) is 4.74. The van der Waals surface area contributed by atoms with E-state index in [0.717, 1.165) is 59.5 Å². The molecule has 2 fully saturated rings. The van der Waals surface area contributed by atoms with Gasteiger partial charge in [0.25, 0.3) is 5.91 Å². The van der Waals surface area contributed by atoms with Crippen LogP contribution in [0.5, 0.6) is 0 Å². The lowest BCUT2D eigenvalue weighted by Gasteiger charge is -2.32. The van der Waals surface area contributed by atoms with E-state index in [4.69, 9.17) is 19.9 Å². The van der Waals surface area contributed by atoms with E-state index in [1.54, 1.807) is 7.11 Å². The zero-order chi connectivity index (χ0) is 25.4. The van der Waals surface area contributed by atoms with E-state index in [2.05, 4.69) is 20.1 Å². The van der Waals surface area contributed by atoms with Gasteiger partial charge in [-0.25, -0.2) is 4.98 Å². The number of carbonyl (C=O) groups excluding carboxylic acids is 1. The molecule has 1 amide bonds. The van der Waals surface area contributed by atoms with Gasteiger partial charge >= 0.3 is 0 Å². The smallest absolute Gasteiger partial charge is 0.254 e. The molecule has 1 aliphatic carbocycles. The van der Waals surface area contributed by atoms with Crippen molar-refractivity contribution in [2.45, 2.75) is 38.6 Å². The Bertz CT molecular complexity index is 1290. The summed E-state index contributed by atoms with van der Waals surface area (Å²) in [4.78, 5) is 22.6. The van der Waals surface area contributed by atoms with Crippen LogP contribution < -0.4 is 10.6 Å². The van der Waals surface area contributed by atoms with E-state index in [0.29, 0.717) is 56.9 Å². The summed E-state index contributed by atoms with van der Waals surface area (Å²) in [5.74, 6) is 1.69. The molecule has 0 unspecified atom stereocenters. The summed E-state index contributed by atoms with van der Waals surface area (Å²) < 4.78 is 16.6. The number of fused-ring (bicyclic) bond motifs is 3. The number of nitrogens with zero attached hydrogens (tertiary/aromatic N) is 5. The third-order valence-corrected chi connectivity index (χ3v) is 7.51. The fourth-order valence-electron chi connectivity index (χ4n) is 5.31. The Morgan fingerprint density at radius 1 is 1.14 bits per heavy atom. The van der Waals surface area contributed by atoms with Crippen LogP contribution in [0.1, 0.15) is 40.0 Å². The highest BCUT2D eigenvalue weighted by Crippen LogP contribution is 2.37. The van der Waals surface area contributed by atoms with Gasteiger partial charge in [0.05, 0.1) is 56.8 Å². The molecule has 2 aromatic heterocycles. The van der Waals surface area contributed by atoms with Crippen molar-refractivity contribution >= 4 is 28.4 Å². The van der Waals surface area contributed by atoms with Gasteiger partial charge in [-0.3, -0.25) is 4.79 Å². The normalized spacial score (nSPS) is 18.1. The van der Waals surface area contributed by atoms with Crippen molar-refractivity contribution in [1.29, 1.82) is 0 Å². The number of pyridine rings is 1. The second-order valence-corrected chi connectivity index (χ2v) is 9.95. The molecule has 3 aliphatic rings. The first-order valence-corrected chi connectivity index (χ1v) is 12.9. The van der Waals surface area contributed by atoms with E-state index in [9.17, 15) is 4.79 Å². The van der Waals surface area contributed by atoms with Gasteiger partial charge in [0, 0.05) is 36.7 Å². The number of aromatic nitrogens is 3. The summed E-state index contributed by atoms with van der Waals surface area (Å²) >= 11 is 0. The van der Waals surface area contributed by atoms with E-state index in [1.807, 2.05) is 35.2 Å². The molecule has 6 rings (SSSR count). The van der Waals surface area contributed by atoms with E-state index < -0.39 is 0 Å². The molecule has 2 aliphatic heterocycles. The number of morpholine rings is 1. The van der Waals surface area contributed by atoms with Gasteiger partial charge in [0.2, 0.25) is 0 Å². The zero-order valence-electron chi connectivity index (χ0n) is 21.1. The van der Waals surface area contributed by atoms with E-state index in [-0.39, 0.29) is 11.9 Å². The Morgan fingerprint density at radius 2 is 1.95 bits per heavy atom. The standard InChI is InChI=1S/C27H32N6O4/c1-35-16-24(17-2-3-17)33(13-19-5-7-25(31-30-19)32-8-10-36-11-9-32)27(34)18-4-6-23-20(12-18)21-14-37-15-22(21)26(28)29-23/h4-7,12,17,24H,2-3,8-11,13-16H2,1H3,(H2,28,29)/t24-/m1/s1. The minimum atomic E-state index is -0.0561. The number of nitrogen functional groups attached to an aromatic ring is 1. The summed E-state index contributed by atoms with van der Waals surface area (Å²) in [5.41, 5.74) is 10.2. The second kappa shape index (κ2) is 10.2. The van der Waals surface area contributed by atoms with Crippen LogP contribution >= 0.6 is 0 Å². The third-order valence-electron chi connectivity index (χ3n) is 7.51. The first-order chi connectivity index (χ1) is 18.1. The van der Waals surface area contributed by atoms with Gasteiger partial charge in [-0.05, 0) is 54.7 Å². The lowest BCUT2D eigenvalue weighted by Crippen LogP contribution is -2.44. The van der Waals surface area contributed by atoms with Gasteiger partial charge in [0.1, 0.15) is 5.82 Å². The fourth-order valence-corrected chi connectivity index (χ4v) is 5.31. The van der Waals surface area contributed by atoms with Crippen molar-refractivity contribution < 1.29 is 19.0 Å². The molecule has 37 heavy (non-hydrogen) atoms. The average Bonchev–Trinajstić information content (AvgIpc) is 3.65. The zero-order valence-corrected chi connectivity index (χ0v) is 21.1. The molecule has 0 spiro atoms. The predicted molar refractivity (Wildman–Crippen MR) is 138 cm³/mol. The van der Waals surface area contributed by atoms with Crippen LogP contribution in [-0.4, -0.2) is 72.1 Å². The number of amides is 1. The second-order valence-electron chi connectivity index (χ2n) is 9.95. The molecule has 1 aromatic carbocycles. The van der Waals surface area contributed by atoms with Crippen molar-refractivity contribution in [3.63, 3.8) is 0 Å². The third kappa shape index (κ3) is 4.84. The van der Waals surface area contributed by atoms with Gasteiger partial charge in [-0.1, -0.05) is 0 Å². The van der Waals surface area contributed by atoms with Gasteiger partial charge in [0.15, 0.2) is 5.82 Å². The summed E-state index contributed by atoms with van der Waals surface area (Å²) in [7, 11) is 1.68. The molecular formula is C27H32N6O4. The van der Waals surface area contributed by atoms with Crippen molar-refractivity contribution in [2.24, 2.45) is 5.92 Å². The Morgan fingerprint density at radius 3 is 2.68 bits per heavy atom. The van der Waals surface area contributed by atoms with Gasteiger partial charge in [-0.2, -0.15) is 5.10 Å². The molecule has 194 valence electrons. The maximum absolute atomic E-state index is 14.0. The maximum Gasteiger partial charge on any atom is 0.254 e. The topological polar surface area (TPSA) is 116 Å². The SMILES string of the molecule is COC[C@H](C1CC1)N(Cc1ccc(N2CCOCC2)nn1)C(=O)c1ccc2nc(N)c3c(c2c1)COC3. The number of carbonyl (C=O) groups is 1. The first kappa shape index (κ1) is 24.0. The first-order valence-electron chi connectivity index (χ1n) is 12.9. The molecule has 3 aromatic rings. The molecule has 10 heteroatoms. The highest BCUT2D eigenvalue weighted by atomic mass is 16.5. The lowest BCUT2D eigenvalue weighted by atomic mass is 10.0. The molecule has 0 radical (unpaired) electrons. The number of ether oxygens (including phenoxy) is 3. The number of anilines is 2. The van der Waals surface area contributed by atoms with Gasteiger partial charge < -0.3 is 29.7 Å². The van der Waals surface area contributed by atoms with Crippen LogP contribution in [0.15, 0.2) is 30.3 Å². The van der Waals surface area contributed by atoms with Crippen LogP contribution in [0, 0.1) is 5.92 Å². The highest BCUT2D eigenvalue weighted by molar-refractivity contribution is 5.99. The molecule has 2 N–H and O–H groups in total. The number of rotatable bonds is 8. The number of nitrogens with two attached hydrogens (primary N) is 1. The quantitative estimate of drug-likeness (QED) is 0.494. The minimum Gasteiger partial charge on any atom is -0.383 e. The Balaban J connectivity index is 1.31. The monoisotopic (exact) mass is 504 g/mol. The van der Waals surface area contributed by atoms with Gasteiger partial charge in [-0.15, -0.1) is 5.10 Å². The summed E-state index contributed by atoms with van der Waals surface area (Å²) in [5, 5.41) is 9.86. The Kier molecular flexibility index (Phi) is 6.62. The maximum atomic E-state index is 14.0. The van der Waals surface area contributed by atoms with E-state index >= 15 is 0 Å². The average molecular weight is 505 g/mol. The Hall–Kier alpha value is -3.34. The lowest BCUT2D eigenvalue weighted by molar-refractivity contribution is 0.0454. The molecule has 4 heterocycles. The molecule has 1 atom stereocenters. The predicted octanol–water partition coefficient (Wildman–Crippen LogP) is 2.54. The molecule has 0 bridgehead atoms. The fraction of sp³-hybridized carbons (Fsp3) is 0.481. The van der Waals surface area contributed by atoms with Crippen molar-refractivity contribution in [2.75, 3.05) is 50.7 Å². The molecule has 10 nitrogen and oxygen atoms in total. The van der Waals surface area contributed by atoms with Crippen LogP contribution in [0.2, 0.25) is 0 Å². The van der Waals surface area contributed by atoms with E-state index in [1.165, 1.54) is 0 Å². The number of hydrogen-bond acceptors (Lipinski definition) is 9. The number of hydrogen-bond donors (Lipinski definition) is 1.